The Hall–Kier alpha value is -0.590. The first kappa shape index (κ1) is 13.8. The molecule has 2 unspecified atom stereocenters. The highest BCUT2D eigenvalue weighted by atomic mass is 32.1. The summed E-state index contributed by atoms with van der Waals surface area (Å²) >= 11 is 1.69. The summed E-state index contributed by atoms with van der Waals surface area (Å²) in [5.41, 5.74) is 3.77. The number of nitrogens with one attached hydrogen (secondary N) is 1. The standard InChI is InChI=1S/C12H17F3N2S/c13-12(14,15)6-4-10(17-16)8-2-1-3-11-9(8)5-7-18-11/h5,7-8,10,17H,1-4,6,16H2. The van der Waals surface area contributed by atoms with Crippen LogP contribution in [0.4, 0.5) is 13.2 Å². The summed E-state index contributed by atoms with van der Waals surface area (Å²) in [4.78, 5) is 1.30. The predicted octanol–water partition coefficient (Wildman–Crippen LogP) is 3.34. The minimum atomic E-state index is -4.11. The van der Waals surface area contributed by atoms with E-state index in [2.05, 4.69) is 5.43 Å². The quantitative estimate of drug-likeness (QED) is 0.655. The molecule has 0 aliphatic heterocycles. The maximum absolute atomic E-state index is 12.3. The van der Waals surface area contributed by atoms with Crippen molar-refractivity contribution in [2.75, 3.05) is 0 Å². The topological polar surface area (TPSA) is 38.0 Å². The monoisotopic (exact) mass is 278 g/mol. The summed E-state index contributed by atoms with van der Waals surface area (Å²) in [5, 5.41) is 2.01. The van der Waals surface area contributed by atoms with Crippen molar-refractivity contribution in [3.8, 4) is 0 Å². The highest BCUT2D eigenvalue weighted by Gasteiger charge is 2.33. The molecule has 1 aromatic heterocycles. The molecule has 2 atom stereocenters. The van der Waals surface area contributed by atoms with E-state index in [1.807, 2.05) is 11.4 Å². The number of aryl methyl sites for hydroxylation is 1. The number of fused-ring (bicyclic) bond motifs is 1. The Labute approximate surface area is 108 Å². The molecule has 3 N–H and O–H groups in total. The first-order valence-corrected chi connectivity index (χ1v) is 6.98. The van der Waals surface area contributed by atoms with Crippen LogP contribution in [0.5, 0.6) is 0 Å². The number of hydrogen-bond donors (Lipinski definition) is 2. The van der Waals surface area contributed by atoms with Gasteiger partial charge in [0.25, 0.3) is 0 Å². The lowest BCUT2D eigenvalue weighted by Gasteiger charge is -2.30. The maximum atomic E-state index is 12.3. The van der Waals surface area contributed by atoms with E-state index in [-0.39, 0.29) is 18.4 Å². The van der Waals surface area contributed by atoms with E-state index >= 15 is 0 Å². The Bertz CT molecular complexity index is 389. The Morgan fingerprint density at radius 1 is 1.50 bits per heavy atom. The molecule has 1 aliphatic carbocycles. The van der Waals surface area contributed by atoms with Gasteiger partial charge in [0.15, 0.2) is 0 Å². The van der Waals surface area contributed by atoms with Crippen molar-refractivity contribution in [2.24, 2.45) is 5.84 Å². The number of nitrogens with two attached hydrogens (primary N) is 1. The van der Waals surface area contributed by atoms with Crippen molar-refractivity contribution in [3.05, 3.63) is 21.9 Å². The SMILES string of the molecule is NNC(CCC(F)(F)F)C1CCCc2sccc21. The lowest BCUT2D eigenvalue weighted by Crippen LogP contribution is -2.41. The Kier molecular flexibility index (Phi) is 4.29. The molecule has 102 valence electrons. The zero-order chi connectivity index (χ0) is 13.2. The number of thiophene rings is 1. The molecular weight excluding hydrogens is 261 g/mol. The Morgan fingerprint density at radius 3 is 2.94 bits per heavy atom. The second-order valence-electron chi connectivity index (χ2n) is 4.72. The van der Waals surface area contributed by atoms with Gasteiger partial charge in [-0.25, -0.2) is 0 Å². The van der Waals surface area contributed by atoms with Gasteiger partial charge in [0.05, 0.1) is 0 Å². The normalized spacial score (nSPS) is 21.7. The van der Waals surface area contributed by atoms with E-state index < -0.39 is 12.6 Å². The largest absolute Gasteiger partial charge is 0.389 e. The molecule has 6 heteroatoms. The summed E-state index contributed by atoms with van der Waals surface area (Å²) in [6, 6.07) is 1.74. The van der Waals surface area contributed by atoms with Crippen molar-refractivity contribution >= 4 is 11.3 Å². The van der Waals surface area contributed by atoms with Gasteiger partial charge in [-0.3, -0.25) is 11.3 Å². The second kappa shape index (κ2) is 5.59. The highest BCUT2D eigenvalue weighted by molar-refractivity contribution is 7.10. The van der Waals surface area contributed by atoms with Crippen molar-refractivity contribution < 1.29 is 13.2 Å². The first-order chi connectivity index (χ1) is 8.51. The minimum absolute atomic E-state index is 0.0416. The van der Waals surface area contributed by atoms with Crippen LogP contribution in [0, 0.1) is 0 Å². The van der Waals surface area contributed by atoms with Crippen molar-refractivity contribution in [3.63, 3.8) is 0 Å². The molecule has 0 radical (unpaired) electrons. The van der Waals surface area contributed by atoms with E-state index in [9.17, 15) is 13.2 Å². The summed E-state index contributed by atoms with van der Waals surface area (Å²) in [5.74, 6) is 5.56. The molecule has 0 aromatic carbocycles. The van der Waals surface area contributed by atoms with Crippen LogP contribution in [0.25, 0.3) is 0 Å². The molecule has 0 bridgehead atoms. The Balaban J connectivity index is 2.06. The molecule has 1 heterocycles. The smallest absolute Gasteiger partial charge is 0.271 e. The van der Waals surface area contributed by atoms with E-state index in [1.165, 1.54) is 10.4 Å². The van der Waals surface area contributed by atoms with Crippen LogP contribution in [0.1, 0.15) is 42.0 Å². The van der Waals surface area contributed by atoms with Gasteiger partial charge in [0.2, 0.25) is 0 Å². The third-order valence-electron chi connectivity index (χ3n) is 3.54. The van der Waals surface area contributed by atoms with Crippen molar-refractivity contribution in [1.29, 1.82) is 0 Å². The average molecular weight is 278 g/mol. The van der Waals surface area contributed by atoms with Crippen LogP contribution >= 0.6 is 11.3 Å². The maximum Gasteiger partial charge on any atom is 0.389 e. The fourth-order valence-electron chi connectivity index (χ4n) is 2.66. The van der Waals surface area contributed by atoms with Crippen LogP contribution < -0.4 is 11.3 Å². The molecule has 0 fully saturated rings. The molecule has 18 heavy (non-hydrogen) atoms. The van der Waals surface area contributed by atoms with Crippen molar-refractivity contribution in [1.82, 2.24) is 5.43 Å². The highest BCUT2D eigenvalue weighted by Crippen LogP contribution is 2.38. The number of halogens is 3. The van der Waals surface area contributed by atoms with Crippen LogP contribution in [0.2, 0.25) is 0 Å². The van der Waals surface area contributed by atoms with E-state index in [0.29, 0.717) is 0 Å². The van der Waals surface area contributed by atoms with Gasteiger partial charge in [0.1, 0.15) is 0 Å². The zero-order valence-corrected chi connectivity index (χ0v) is 10.8. The summed E-state index contributed by atoms with van der Waals surface area (Å²) in [6.45, 7) is 0. The third-order valence-corrected chi connectivity index (χ3v) is 4.53. The van der Waals surface area contributed by atoms with E-state index in [4.69, 9.17) is 5.84 Å². The third kappa shape index (κ3) is 3.24. The van der Waals surface area contributed by atoms with Crippen LogP contribution in [-0.4, -0.2) is 12.2 Å². The number of hydrogen-bond acceptors (Lipinski definition) is 3. The summed E-state index contributed by atoms with van der Waals surface area (Å²) in [7, 11) is 0. The fraction of sp³-hybridized carbons (Fsp3) is 0.667. The average Bonchev–Trinajstić information content (AvgIpc) is 2.77. The molecular formula is C12H17F3N2S. The lowest BCUT2D eigenvalue weighted by molar-refractivity contribution is -0.137. The van der Waals surface area contributed by atoms with Gasteiger partial charge in [-0.2, -0.15) is 13.2 Å². The van der Waals surface area contributed by atoms with Crippen LogP contribution in [-0.2, 0) is 6.42 Å². The molecule has 1 aliphatic rings. The van der Waals surface area contributed by atoms with Crippen LogP contribution in [0.15, 0.2) is 11.4 Å². The van der Waals surface area contributed by atoms with Gasteiger partial charge < -0.3 is 0 Å². The Morgan fingerprint density at radius 2 is 2.28 bits per heavy atom. The fourth-order valence-corrected chi connectivity index (χ4v) is 3.66. The summed E-state index contributed by atoms with van der Waals surface area (Å²) in [6.07, 6.45) is -1.86. The van der Waals surface area contributed by atoms with Crippen LogP contribution in [0.3, 0.4) is 0 Å². The van der Waals surface area contributed by atoms with Gasteiger partial charge in [-0.15, -0.1) is 11.3 Å². The molecule has 0 amide bonds. The summed E-state index contributed by atoms with van der Waals surface area (Å²) < 4.78 is 36.9. The minimum Gasteiger partial charge on any atom is -0.271 e. The molecule has 2 nitrogen and oxygen atoms in total. The number of rotatable bonds is 4. The van der Waals surface area contributed by atoms with Gasteiger partial charge in [-0.1, -0.05) is 0 Å². The molecule has 1 aromatic rings. The van der Waals surface area contributed by atoms with Gasteiger partial charge in [0, 0.05) is 23.3 Å². The number of alkyl halides is 3. The molecule has 0 spiro atoms. The van der Waals surface area contributed by atoms with Crippen molar-refractivity contribution in [2.45, 2.75) is 50.2 Å². The zero-order valence-electron chi connectivity index (χ0n) is 9.96. The second-order valence-corrected chi connectivity index (χ2v) is 5.73. The van der Waals surface area contributed by atoms with Gasteiger partial charge >= 0.3 is 6.18 Å². The number of hydrazine groups is 1. The first-order valence-electron chi connectivity index (χ1n) is 6.10. The lowest BCUT2D eigenvalue weighted by atomic mass is 9.81. The van der Waals surface area contributed by atoms with E-state index in [1.54, 1.807) is 11.3 Å². The van der Waals surface area contributed by atoms with E-state index in [0.717, 1.165) is 19.3 Å². The predicted molar refractivity (Wildman–Crippen MR) is 66.4 cm³/mol. The van der Waals surface area contributed by atoms with Gasteiger partial charge in [-0.05, 0) is 42.7 Å². The molecule has 0 saturated heterocycles. The molecule has 0 saturated carbocycles. The molecule has 2 rings (SSSR count).